The number of ether oxygens (including phenoxy) is 1. The number of hydrogen-bond donors (Lipinski definition) is 3. The molecule has 2 aromatic carbocycles. The van der Waals surface area contributed by atoms with Crippen LogP contribution in [0.25, 0.3) is 0 Å². The Hall–Kier alpha value is -3.23. The van der Waals surface area contributed by atoms with Crippen molar-refractivity contribution < 1.29 is 22.7 Å². The Kier molecular flexibility index (Phi) is 7.84. The lowest BCUT2D eigenvalue weighted by molar-refractivity contribution is -0.137. The minimum atomic E-state index is -4.42. The molecule has 0 radical (unpaired) electrons. The lowest BCUT2D eigenvalue weighted by atomic mass is 9.86. The van der Waals surface area contributed by atoms with Crippen molar-refractivity contribution in [3.63, 3.8) is 0 Å². The fraction of sp³-hybridized carbons (Fsp3) is 0.417. The van der Waals surface area contributed by atoms with E-state index in [1.54, 1.807) is 31.2 Å². The second kappa shape index (κ2) is 10.6. The summed E-state index contributed by atoms with van der Waals surface area (Å²) in [5.74, 6) is 0.781. The lowest BCUT2D eigenvalue weighted by Crippen LogP contribution is -2.25. The van der Waals surface area contributed by atoms with Gasteiger partial charge in [-0.25, -0.2) is 4.99 Å². The number of carbonyl (C=O) groups is 1. The first-order chi connectivity index (χ1) is 15.7. The molecule has 1 aliphatic rings. The number of nitrogens with two attached hydrogens (primary N) is 1. The first kappa shape index (κ1) is 24.4. The first-order valence-corrected chi connectivity index (χ1v) is 11.0. The van der Waals surface area contributed by atoms with E-state index in [1.807, 2.05) is 6.92 Å². The van der Waals surface area contributed by atoms with Crippen LogP contribution in [0.15, 0.2) is 41.4 Å². The molecule has 6 nitrogen and oxygen atoms in total. The van der Waals surface area contributed by atoms with Crippen molar-refractivity contribution in [2.45, 2.75) is 45.8 Å². The predicted molar refractivity (Wildman–Crippen MR) is 122 cm³/mol. The zero-order valence-electron chi connectivity index (χ0n) is 18.8. The highest BCUT2D eigenvalue weighted by Crippen LogP contribution is 2.32. The molecular formula is C24H29F3N4O2. The third kappa shape index (κ3) is 6.87. The minimum absolute atomic E-state index is 0.0150. The normalized spacial score (nSPS) is 14.5. The molecule has 0 unspecified atom stereocenters. The summed E-state index contributed by atoms with van der Waals surface area (Å²) in [6.45, 7) is 4.47. The zero-order chi connectivity index (χ0) is 24.0. The van der Waals surface area contributed by atoms with E-state index in [9.17, 15) is 18.0 Å². The van der Waals surface area contributed by atoms with Crippen molar-refractivity contribution in [1.29, 1.82) is 0 Å². The van der Waals surface area contributed by atoms with E-state index >= 15 is 0 Å². The summed E-state index contributed by atoms with van der Waals surface area (Å²) in [6.07, 6.45) is -1.02. The second-order valence-corrected chi connectivity index (χ2v) is 8.21. The Labute approximate surface area is 191 Å². The van der Waals surface area contributed by atoms with Gasteiger partial charge in [0.05, 0.1) is 24.4 Å². The molecular weight excluding hydrogens is 433 g/mol. The fourth-order valence-electron chi connectivity index (χ4n) is 3.49. The highest BCUT2D eigenvalue weighted by atomic mass is 19.4. The molecule has 4 N–H and O–H groups in total. The number of nitrogens with one attached hydrogen (secondary N) is 2. The summed E-state index contributed by atoms with van der Waals surface area (Å²) in [4.78, 5) is 16.4. The minimum Gasteiger partial charge on any atom is -0.491 e. The maximum atomic E-state index is 13.1. The second-order valence-electron chi connectivity index (χ2n) is 8.21. The van der Waals surface area contributed by atoms with Gasteiger partial charge in [0, 0.05) is 12.1 Å². The molecule has 0 aliphatic heterocycles. The molecule has 0 aromatic heterocycles. The smallest absolute Gasteiger partial charge is 0.416 e. The summed E-state index contributed by atoms with van der Waals surface area (Å²) in [5.41, 5.74) is 7.18. The van der Waals surface area contributed by atoms with Crippen molar-refractivity contribution in [2.24, 2.45) is 16.6 Å². The average molecular weight is 463 g/mol. The number of nitrogens with zero attached hydrogens (tertiary/aromatic N) is 1. The highest BCUT2D eigenvalue weighted by molar-refractivity contribution is 5.97. The number of aliphatic imine (C=N–C) groups is 1. The average Bonchev–Trinajstić information content (AvgIpc) is 2.71. The molecule has 1 aliphatic carbocycles. The summed E-state index contributed by atoms with van der Waals surface area (Å²) < 4.78 is 45.1. The maximum Gasteiger partial charge on any atom is 0.416 e. The predicted octanol–water partition coefficient (Wildman–Crippen LogP) is 4.87. The van der Waals surface area contributed by atoms with E-state index in [1.165, 1.54) is 6.42 Å². The molecule has 0 atom stereocenters. The third-order valence-electron chi connectivity index (χ3n) is 5.44. The number of anilines is 1. The van der Waals surface area contributed by atoms with Crippen LogP contribution in [0.4, 0.5) is 18.9 Å². The molecule has 0 spiro atoms. The van der Waals surface area contributed by atoms with Crippen molar-refractivity contribution in [2.75, 3.05) is 18.5 Å². The van der Waals surface area contributed by atoms with Crippen LogP contribution >= 0.6 is 0 Å². The number of rotatable bonds is 8. The Bertz CT molecular complexity index is 1020. The van der Waals surface area contributed by atoms with Crippen LogP contribution in [0.3, 0.4) is 0 Å². The number of hydrogen-bond acceptors (Lipinski definition) is 3. The van der Waals surface area contributed by atoms with Crippen LogP contribution in [0, 0.1) is 12.8 Å². The van der Waals surface area contributed by atoms with Crippen LogP contribution in [0.2, 0.25) is 0 Å². The van der Waals surface area contributed by atoms with Gasteiger partial charge in [-0.2, -0.15) is 13.2 Å². The SMILES string of the molecule is CCNC(=O)c1ccc(NC(N)=NCc2cc(C)cc(C(F)(F)F)c2)c(OCC2CCC2)c1. The summed E-state index contributed by atoms with van der Waals surface area (Å²) in [6, 6.07) is 8.77. The number of benzene rings is 2. The van der Waals surface area contributed by atoms with Crippen molar-refractivity contribution in [3.05, 3.63) is 58.7 Å². The van der Waals surface area contributed by atoms with Gasteiger partial charge < -0.3 is 21.1 Å². The third-order valence-corrected chi connectivity index (χ3v) is 5.44. The summed E-state index contributed by atoms with van der Waals surface area (Å²) in [5, 5.41) is 5.70. The Morgan fingerprint density at radius 2 is 1.97 bits per heavy atom. The monoisotopic (exact) mass is 462 g/mol. The van der Waals surface area contributed by atoms with Gasteiger partial charge >= 0.3 is 6.18 Å². The van der Waals surface area contributed by atoms with Gasteiger partial charge in [0.2, 0.25) is 0 Å². The van der Waals surface area contributed by atoms with Crippen LogP contribution in [-0.2, 0) is 12.7 Å². The number of alkyl halides is 3. The van der Waals surface area contributed by atoms with E-state index in [0.29, 0.717) is 47.2 Å². The molecule has 0 heterocycles. The topological polar surface area (TPSA) is 88.7 Å². The quantitative estimate of drug-likeness (QED) is 0.386. The molecule has 9 heteroatoms. The molecule has 1 saturated carbocycles. The van der Waals surface area contributed by atoms with Gasteiger partial charge in [-0.15, -0.1) is 0 Å². The standard InChI is InChI=1S/C24H29F3N4O2/c1-3-29-22(32)18-7-8-20(21(12-18)33-14-16-5-4-6-16)31-23(28)30-13-17-9-15(2)10-19(11-17)24(25,26)27/h7-12,16H,3-6,13-14H2,1-2H3,(H,29,32)(H3,28,30,31). The number of amides is 1. The van der Waals surface area contributed by atoms with Gasteiger partial charge in [0.25, 0.3) is 5.91 Å². The largest absolute Gasteiger partial charge is 0.491 e. The van der Waals surface area contributed by atoms with Gasteiger partial charge in [0.15, 0.2) is 5.96 Å². The Morgan fingerprint density at radius 1 is 1.21 bits per heavy atom. The van der Waals surface area contributed by atoms with E-state index < -0.39 is 11.7 Å². The fourth-order valence-corrected chi connectivity index (χ4v) is 3.49. The molecule has 1 amide bonds. The molecule has 33 heavy (non-hydrogen) atoms. The van der Waals surface area contributed by atoms with Crippen molar-refractivity contribution >= 4 is 17.6 Å². The number of aryl methyl sites for hydroxylation is 1. The number of halogens is 3. The van der Waals surface area contributed by atoms with E-state index in [2.05, 4.69) is 15.6 Å². The maximum absolute atomic E-state index is 13.1. The van der Waals surface area contributed by atoms with Crippen molar-refractivity contribution in [1.82, 2.24) is 5.32 Å². The van der Waals surface area contributed by atoms with Gasteiger partial charge in [-0.1, -0.05) is 18.1 Å². The van der Waals surface area contributed by atoms with Gasteiger partial charge in [0.1, 0.15) is 5.75 Å². The Balaban J connectivity index is 1.75. The van der Waals surface area contributed by atoms with Crippen LogP contribution < -0.4 is 21.1 Å². The zero-order valence-corrected chi connectivity index (χ0v) is 18.8. The number of guanidine groups is 1. The van der Waals surface area contributed by atoms with Crippen LogP contribution in [0.1, 0.15) is 53.2 Å². The van der Waals surface area contributed by atoms with E-state index in [0.717, 1.165) is 25.0 Å². The molecule has 2 aromatic rings. The summed E-state index contributed by atoms with van der Waals surface area (Å²) >= 11 is 0. The highest BCUT2D eigenvalue weighted by Gasteiger charge is 2.30. The number of carbonyl (C=O) groups excluding carboxylic acids is 1. The van der Waals surface area contributed by atoms with Crippen LogP contribution in [-0.4, -0.2) is 25.0 Å². The van der Waals surface area contributed by atoms with E-state index in [-0.39, 0.29) is 18.4 Å². The van der Waals surface area contributed by atoms with Crippen molar-refractivity contribution in [3.8, 4) is 5.75 Å². The molecule has 3 rings (SSSR count). The van der Waals surface area contributed by atoms with Gasteiger partial charge in [-0.05, 0) is 68.5 Å². The Morgan fingerprint density at radius 3 is 2.61 bits per heavy atom. The molecule has 178 valence electrons. The van der Waals surface area contributed by atoms with Gasteiger partial charge in [-0.3, -0.25) is 4.79 Å². The summed E-state index contributed by atoms with van der Waals surface area (Å²) in [7, 11) is 0. The van der Waals surface area contributed by atoms with Crippen LogP contribution in [0.5, 0.6) is 5.75 Å². The van der Waals surface area contributed by atoms with E-state index in [4.69, 9.17) is 10.5 Å². The first-order valence-electron chi connectivity index (χ1n) is 11.0. The molecule has 0 saturated heterocycles. The molecule has 1 fully saturated rings. The molecule has 0 bridgehead atoms. The lowest BCUT2D eigenvalue weighted by Gasteiger charge is -2.26.